The summed E-state index contributed by atoms with van der Waals surface area (Å²) in [6.07, 6.45) is 4.45. The fourth-order valence-electron chi connectivity index (χ4n) is 5.94. The van der Waals surface area contributed by atoms with Crippen molar-refractivity contribution in [1.29, 1.82) is 0 Å². The molecule has 1 saturated carbocycles. The van der Waals surface area contributed by atoms with Crippen molar-refractivity contribution >= 4 is 34.7 Å². The number of nitrogens with zero attached hydrogens (tertiary/aromatic N) is 2. The van der Waals surface area contributed by atoms with Crippen molar-refractivity contribution < 1.29 is 32.6 Å². The number of likely N-dealkylation sites (tertiary alicyclic amines) is 1. The molecule has 0 unspecified atom stereocenters. The van der Waals surface area contributed by atoms with E-state index in [1.54, 1.807) is 6.20 Å². The van der Waals surface area contributed by atoms with Crippen LogP contribution in [0.15, 0.2) is 42.6 Å². The highest BCUT2D eigenvalue weighted by Crippen LogP contribution is 2.31. The van der Waals surface area contributed by atoms with Crippen molar-refractivity contribution in [3.63, 3.8) is 0 Å². The lowest BCUT2D eigenvalue weighted by molar-refractivity contribution is -0.133. The summed E-state index contributed by atoms with van der Waals surface area (Å²) >= 11 is 0. The number of aldehydes is 1. The second-order valence-electron chi connectivity index (χ2n) is 11.0. The number of alkyl halides is 1. The van der Waals surface area contributed by atoms with Gasteiger partial charge in [-0.1, -0.05) is 18.2 Å². The third kappa shape index (κ3) is 6.27. The van der Waals surface area contributed by atoms with E-state index in [2.05, 4.69) is 5.32 Å². The minimum atomic E-state index is -1.18. The number of halogens is 2. The zero-order chi connectivity index (χ0) is 29.1. The van der Waals surface area contributed by atoms with Crippen LogP contribution in [-0.2, 0) is 27.8 Å². The maximum Gasteiger partial charge on any atom is 0.257 e. The molecule has 2 aliphatic rings. The topological polar surface area (TPSA) is 89.9 Å². The smallest absolute Gasteiger partial charge is 0.257 e. The predicted octanol–water partition coefficient (Wildman–Crippen LogP) is 4.83. The van der Waals surface area contributed by atoms with Crippen LogP contribution in [-0.4, -0.2) is 66.1 Å². The van der Waals surface area contributed by atoms with E-state index in [1.165, 1.54) is 18.1 Å². The molecule has 2 heterocycles. The quantitative estimate of drug-likeness (QED) is 0.374. The minimum Gasteiger partial charge on any atom is -0.495 e. The molecule has 0 bridgehead atoms. The first-order valence-electron chi connectivity index (χ1n) is 14.0. The number of carbonyl (C=O) groups excluding carboxylic acids is 3. The molecule has 2 fully saturated rings. The lowest BCUT2D eigenvalue weighted by Gasteiger charge is -2.29. The number of aromatic nitrogens is 1. The number of hydrogen-bond acceptors (Lipinski definition) is 5. The zero-order valence-electron chi connectivity index (χ0n) is 23.3. The highest BCUT2D eigenvalue weighted by Gasteiger charge is 2.36. The predicted molar refractivity (Wildman–Crippen MR) is 150 cm³/mol. The summed E-state index contributed by atoms with van der Waals surface area (Å²) in [4.78, 5) is 38.7. The van der Waals surface area contributed by atoms with Crippen LogP contribution < -0.4 is 10.1 Å². The third-order valence-corrected chi connectivity index (χ3v) is 8.22. The van der Waals surface area contributed by atoms with E-state index in [4.69, 9.17) is 9.47 Å². The number of nitrogens with one attached hydrogen (secondary N) is 1. The number of rotatable bonds is 9. The van der Waals surface area contributed by atoms with Crippen molar-refractivity contribution in [2.45, 2.75) is 56.8 Å². The first kappa shape index (κ1) is 28.7. The maximum atomic E-state index is 15.2. The van der Waals surface area contributed by atoms with E-state index in [1.807, 2.05) is 35.9 Å². The van der Waals surface area contributed by atoms with Gasteiger partial charge in [-0.15, -0.1) is 0 Å². The van der Waals surface area contributed by atoms with E-state index < -0.39 is 29.8 Å². The summed E-state index contributed by atoms with van der Waals surface area (Å²) in [7, 11) is 3.24. The average Bonchev–Trinajstić information content (AvgIpc) is 3.53. The molecular weight excluding hydrogens is 532 g/mol. The Morgan fingerprint density at radius 3 is 2.63 bits per heavy atom. The van der Waals surface area contributed by atoms with E-state index in [0.717, 1.165) is 48.9 Å². The van der Waals surface area contributed by atoms with Crippen molar-refractivity contribution in [1.82, 2.24) is 9.47 Å². The Bertz CT molecular complexity index is 1430. The van der Waals surface area contributed by atoms with Gasteiger partial charge in [0.05, 0.1) is 50.1 Å². The number of amides is 2. The SMILES string of the molecule is COc1cc(CC(=O)N2C[C@@H](F)C[C@H]2COC2CCC(C=O)CC2)c(F)cc1NC(=O)c1cn(C)c2ccccc12. The number of carbonyl (C=O) groups is 3. The number of benzene rings is 2. The number of methoxy groups -OCH3 is 1. The van der Waals surface area contributed by atoms with Crippen LogP contribution in [0.25, 0.3) is 10.9 Å². The van der Waals surface area contributed by atoms with Crippen LogP contribution in [0.3, 0.4) is 0 Å². The molecule has 2 aromatic carbocycles. The van der Waals surface area contributed by atoms with E-state index in [0.29, 0.717) is 5.56 Å². The van der Waals surface area contributed by atoms with Crippen LogP contribution in [0.2, 0.25) is 0 Å². The van der Waals surface area contributed by atoms with Crippen LogP contribution in [0.1, 0.15) is 48.0 Å². The van der Waals surface area contributed by atoms with Gasteiger partial charge in [0.2, 0.25) is 5.91 Å². The fourth-order valence-corrected chi connectivity index (χ4v) is 5.94. The lowest BCUT2D eigenvalue weighted by Crippen LogP contribution is -2.40. The molecule has 8 nitrogen and oxygen atoms in total. The first-order chi connectivity index (χ1) is 19.8. The summed E-state index contributed by atoms with van der Waals surface area (Å²) in [5, 5.41) is 3.49. The molecule has 1 N–H and O–H groups in total. The van der Waals surface area contributed by atoms with Gasteiger partial charge in [-0.3, -0.25) is 9.59 Å². The Hall–Kier alpha value is -3.79. The van der Waals surface area contributed by atoms with Crippen molar-refractivity contribution in [2.24, 2.45) is 13.0 Å². The molecule has 3 aromatic rings. The minimum absolute atomic E-state index is 0.0138. The zero-order valence-corrected chi connectivity index (χ0v) is 23.3. The van der Waals surface area contributed by atoms with E-state index >= 15 is 4.39 Å². The summed E-state index contributed by atoms with van der Waals surface area (Å²) < 4.78 is 42.9. The van der Waals surface area contributed by atoms with Gasteiger partial charge in [-0.05, 0) is 37.8 Å². The number of ether oxygens (including phenoxy) is 2. The summed E-state index contributed by atoms with van der Waals surface area (Å²) in [5.41, 5.74) is 1.55. The first-order valence-corrected chi connectivity index (χ1v) is 14.0. The molecule has 5 rings (SSSR count). The van der Waals surface area contributed by atoms with Gasteiger partial charge >= 0.3 is 0 Å². The van der Waals surface area contributed by atoms with Gasteiger partial charge < -0.3 is 29.1 Å². The second kappa shape index (κ2) is 12.4. The van der Waals surface area contributed by atoms with E-state index in [-0.39, 0.29) is 55.0 Å². The molecule has 41 heavy (non-hydrogen) atoms. The van der Waals surface area contributed by atoms with Gasteiger partial charge in [0.15, 0.2) is 0 Å². The molecule has 2 amide bonds. The van der Waals surface area contributed by atoms with Crippen LogP contribution in [0.5, 0.6) is 5.75 Å². The highest BCUT2D eigenvalue weighted by atomic mass is 19.1. The summed E-state index contributed by atoms with van der Waals surface area (Å²) in [5.74, 6) is -1.23. The molecule has 218 valence electrons. The Kier molecular flexibility index (Phi) is 8.68. The van der Waals surface area contributed by atoms with Gasteiger partial charge in [0, 0.05) is 48.1 Å². The molecule has 0 radical (unpaired) electrons. The van der Waals surface area contributed by atoms with Crippen molar-refractivity contribution in [3.05, 3.63) is 59.5 Å². The highest BCUT2D eigenvalue weighted by molar-refractivity contribution is 6.13. The van der Waals surface area contributed by atoms with Crippen LogP contribution >= 0.6 is 0 Å². The largest absolute Gasteiger partial charge is 0.495 e. The molecule has 1 aliphatic heterocycles. The molecule has 1 aromatic heterocycles. The monoisotopic (exact) mass is 567 g/mol. The van der Waals surface area contributed by atoms with Crippen LogP contribution in [0, 0.1) is 11.7 Å². The second-order valence-corrected chi connectivity index (χ2v) is 11.0. The normalized spacial score (nSPS) is 22.6. The van der Waals surface area contributed by atoms with Gasteiger partial charge in [0.1, 0.15) is 24.0 Å². The molecule has 1 saturated heterocycles. The standard InChI is InChI=1S/C31H35F2N3O5/c1-35-16-25(24-5-3-4-6-28(24)35)31(39)34-27-14-26(33)20(11-29(27)40-2)12-30(38)36-15-21(32)13-22(36)18-41-23-9-7-19(17-37)8-10-23/h3-6,11,14,16-17,19,21-23H,7-10,12-13,15,18H2,1-2H3,(H,34,39)/t19?,21-,22-,23?/m0/s1. The van der Waals surface area contributed by atoms with Gasteiger partial charge in [-0.25, -0.2) is 8.78 Å². The summed E-state index contributed by atoms with van der Waals surface area (Å²) in [6.45, 7) is 0.135. The third-order valence-electron chi connectivity index (χ3n) is 8.22. The average molecular weight is 568 g/mol. The van der Waals surface area contributed by atoms with E-state index in [9.17, 15) is 18.8 Å². The Labute approximate surface area is 237 Å². The van der Waals surface area contributed by atoms with Gasteiger partial charge in [-0.2, -0.15) is 0 Å². The molecule has 1 aliphatic carbocycles. The van der Waals surface area contributed by atoms with Gasteiger partial charge in [0.25, 0.3) is 5.91 Å². The summed E-state index contributed by atoms with van der Waals surface area (Å²) in [6, 6.07) is 9.57. The number of fused-ring (bicyclic) bond motifs is 1. The Morgan fingerprint density at radius 2 is 1.90 bits per heavy atom. The fraction of sp³-hybridized carbons (Fsp3) is 0.452. The lowest BCUT2D eigenvalue weighted by atomic mass is 9.88. The molecular formula is C31H35F2N3O5. The number of hydrogen-bond donors (Lipinski definition) is 1. The molecule has 10 heteroatoms. The number of anilines is 1. The van der Waals surface area contributed by atoms with Crippen LogP contribution in [0.4, 0.5) is 14.5 Å². The van der Waals surface area contributed by atoms with Crippen molar-refractivity contribution in [2.75, 3.05) is 25.6 Å². The number of para-hydroxylation sites is 1. The Balaban J connectivity index is 1.25. The van der Waals surface area contributed by atoms with Crippen molar-refractivity contribution in [3.8, 4) is 5.75 Å². The maximum absolute atomic E-state index is 15.2. The number of aryl methyl sites for hydroxylation is 1. The molecule has 2 atom stereocenters. The molecule has 0 spiro atoms. The Morgan fingerprint density at radius 1 is 1.15 bits per heavy atom.